The molecule has 3 N–H and O–H groups in total. The predicted molar refractivity (Wildman–Crippen MR) is 294 cm³/mol. The number of phenolic OH excluding ortho intramolecular Hbond substituents is 3. The third-order valence-corrected chi connectivity index (χ3v) is 15.6. The summed E-state index contributed by atoms with van der Waals surface area (Å²) in [6.45, 7) is 38.5. The molecule has 0 unspecified atom stereocenters. The first-order valence-corrected chi connectivity index (χ1v) is 28.3. The van der Waals surface area contributed by atoms with Gasteiger partial charge in [0.15, 0.2) is 0 Å². The number of carbonyl (C=O) groups excluding carboxylic acids is 3. The Balaban J connectivity index is 1.52. The van der Waals surface area contributed by atoms with E-state index in [1.165, 1.54) is 15.1 Å². The number of thioether (sulfide) groups is 3. The van der Waals surface area contributed by atoms with Crippen LogP contribution >= 0.6 is 35.3 Å². The quantitative estimate of drug-likeness (QED) is 0.128. The van der Waals surface area contributed by atoms with Gasteiger partial charge in [0, 0.05) is 66.9 Å². The predicted octanol–water partition coefficient (Wildman–Crippen LogP) is 13.6. The number of amides is 3. The lowest BCUT2D eigenvalue weighted by Gasteiger charge is -2.45. The van der Waals surface area contributed by atoms with Gasteiger partial charge in [-0.1, -0.05) is 161 Å². The summed E-state index contributed by atoms with van der Waals surface area (Å²) in [4.78, 5) is 42.9. The number of nitrogens with zero attached hydrogens (tertiary/aromatic N) is 3. The van der Waals surface area contributed by atoms with E-state index in [0.717, 1.165) is 50.1 Å². The molecular formula is C57H87N3O6S3. The second kappa shape index (κ2) is 22.5. The van der Waals surface area contributed by atoms with Crippen molar-refractivity contribution in [3.8, 4) is 17.2 Å². The second-order valence-electron chi connectivity index (χ2n) is 25.1. The van der Waals surface area contributed by atoms with E-state index in [4.69, 9.17) is 0 Å². The maximum Gasteiger partial charge on any atom is 0.261 e. The lowest BCUT2D eigenvalue weighted by atomic mass is 9.78. The SMILES string of the molecule is CC(C)(C)c1cc(CSCCC(=O)N2CCCN(C(=O)CCSCc3cc(C(C)(C)C)c(O)c(C(C)(C)C)c3)N2C(=O)CCSCc2cc(C(C)(C)C)c(O)c(C(C)(C)C)c2)cc(C(C)(C)C)c1O. The molecule has 1 saturated heterocycles. The average molecular weight is 1010 g/mol. The summed E-state index contributed by atoms with van der Waals surface area (Å²) in [6, 6.07) is 12.5. The van der Waals surface area contributed by atoms with Gasteiger partial charge >= 0.3 is 0 Å². The summed E-state index contributed by atoms with van der Waals surface area (Å²) in [7, 11) is 0. The van der Waals surface area contributed by atoms with Crippen molar-refractivity contribution in [3.05, 3.63) is 86.5 Å². The molecule has 3 aromatic carbocycles. The summed E-state index contributed by atoms with van der Waals surface area (Å²) in [5.74, 6) is 3.85. The summed E-state index contributed by atoms with van der Waals surface area (Å²) >= 11 is 4.93. The number of hydrogen-bond donors (Lipinski definition) is 3. The molecule has 0 aliphatic carbocycles. The van der Waals surface area contributed by atoms with Crippen molar-refractivity contribution >= 4 is 53.0 Å². The van der Waals surface area contributed by atoms with E-state index in [1.807, 2.05) is 0 Å². The molecule has 0 spiro atoms. The fourth-order valence-electron chi connectivity index (χ4n) is 8.59. The molecule has 3 aromatic rings. The maximum atomic E-state index is 14.4. The van der Waals surface area contributed by atoms with Crippen LogP contribution in [-0.2, 0) is 64.1 Å². The van der Waals surface area contributed by atoms with Crippen molar-refractivity contribution < 1.29 is 29.7 Å². The molecule has 1 heterocycles. The Morgan fingerprint density at radius 1 is 0.406 bits per heavy atom. The topological polar surface area (TPSA) is 122 Å². The van der Waals surface area contributed by atoms with Gasteiger partial charge in [-0.05, 0) is 89.0 Å². The van der Waals surface area contributed by atoms with Crippen LogP contribution in [-0.4, -0.2) is 78.5 Å². The van der Waals surface area contributed by atoms with Gasteiger partial charge in [0.05, 0.1) is 0 Å². The first kappa shape index (κ1) is 58.1. The average Bonchev–Trinajstić information content (AvgIpc) is 3.20. The summed E-state index contributed by atoms with van der Waals surface area (Å²) in [5, 5.41) is 38.1. The second-order valence-corrected chi connectivity index (χ2v) is 28.4. The zero-order valence-corrected chi connectivity index (χ0v) is 48.0. The minimum Gasteiger partial charge on any atom is -0.507 e. The molecule has 0 saturated carbocycles. The molecule has 0 radical (unpaired) electrons. The standard InChI is InChI=1S/C57H87N3O6S3/c1-52(2,3)40-28-37(29-41(49(40)64)53(4,5)6)34-67-25-20-46(61)58-23-19-24-59(47(62)21-26-68-35-38-30-42(54(7,8)9)50(65)43(31-38)55(10,11)12)60(58)48(63)22-27-69-36-39-32-44(56(13,14)15)51(66)45(33-39)57(16,17)18/h28-33,64-66H,19-27,34-36H2,1-18H3. The van der Waals surface area contributed by atoms with Crippen LogP contribution in [0.3, 0.4) is 0 Å². The number of hydrazine groups is 2. The number of aromatic hydroxyl groups is 3. The van der Waals surface area contributed by atoms with Gasteiger partial charge in [0.25, 0.3) is 5.91 Å². The molecule has 0 atom stereocenters. The van der Waals surface area contributed by atoms with Crippen LogP contribution in [0.5, 0.6) is 17.2 Å². The van der Waals surface area contributed by atoms with Crippen molar-refractivity contribution in [1.82, 2.24) is 15.1 Å². The molecule has 0 bridgehead atoms. The molecule has 4 rings (SSSR count). The number of phenols is 3. The van der Waals surface area contributed by atoms with Crippen molar-refractivity contribution in [2.75, 3.05) is 30.3 Å². The minimum absolute atomic E-state index is 0.137. The summed E-state index contributed by atoms with van der Waals surface area (Å²) < 4.78 is 0. The largest absolute Gasteiger partial charge is 0.507 e. The fraction of sp³-hybridized carbons (Fsp3) is 0.632. The molecule has 69 heavy (non-hydrogen) atoms. The van der Waals surface area contributed by atoms with Gasteiger partial charge in [0.1, 0.15) is 17.2 Å². The van der Waals surface area contributed by atoms with Crippen LogP contribution in [0.2, 0.25) is 0 Å². The van der Waals surface area contributed by atoms with E-state index in [0.29, 0.717) is 71.3 Å². The van der Waals surface area contributed by atoms with Crippen molar-refractivity contribution in [1.29, 1.82) is 0 Å². The van der Waals surface area contributed by atoms with Crippen molar-refractivity contribution in [2.45, 2.75) is 200 Å². The molecule has 1 aliphatic rings. The highest BCUT2D eigenvalue weighted by Gasteiger charge is 2.37. The molecule has 3 amide bonds. The Hall–Kier alpha value is -3.48. The fourth-order valence-corrected chi connectivity index (χ4v) is 11.2. The van der Waals surface area contributed by atoms with Crippen LogP contribution in [0.15, 0.2) is 36.4 Å². The Labute approximate surface area is 429 Å². The van der Waals surface area contributed by atoms with Gasteiger partial charge in [-0.15, -0.1) is 0 Å². The van der Waals surface area contributed by atoms with Crippen LogP contribution in [0.25, 0.3) is 0 Å². The lowest BCUT2D eigenvalue weighted by molar-refractivity contribution is -0.217. The maximum absolute atomic E-state index is 14.4. The molecular weight excluding hydrogens is 919 g/mol. The van der Waals surface area contributed by atoms with Crippen molar-refractivity contribution in [2.24, 2.45) is 0 Å². The first-order valence-electron chi connectivity index (χ1n) is 24.8. The van der Waals surface area contributed by atoms with Gasteiger partial charge in [-0.2, -0.15) is 40.4 Å². The van der Waals surface area contributed by atoms with E-state index in [1.54, 1.807) is 35.3 Å². The number of rotatable bonds is 15. The van der Waals surface area contributed by atoms with Crippen LogP contribution in [0.1, 0.15) is 200 Å². The van der Waals surface area contributed by atoms with Gasteiger partial charge in [-0.25, -0.2) is 10.0 Å². The minimum atomic E-state index is -0.289. The number of benzene rings is 3. The number of carbonyl (C=O) groups is 3. The molecule has 1 aliphatic heterocycles. The molecule has 0 aromatic heterocycles. The van der Waals surface area contributed by atoms with Gasteiger partial charge in [-0.3, -0.25) is 14.4 Å². The first-order chi connectivity index (χ1) is 31.5. The van der Waals surface area contributed by atoms with Crippen LogP contribution in [0.4, 0.5) is 0 Å². The third-order valence-electron chi connectivity index (χ3n) is 12.5. The lowest BCUT2D eigenvalue weighted by Crippen LogP contribution is -2.63. The summed E-state index contributed by atoms with van der Waals surface area (Å²) in [5.41, 5.74) is 7.17. The van der Waals surface area contributed by atoms with E-state index in [2.05, 4.69) is 161 Å². The normalized spacial score (nSPS) is 14.4. The van der Waals surface area contributed by atoms with E-state index < -0.39 is 0 Å². The van der Waals surface area contributed by atoms with E-state index >= 15 is 0 Å². The molecule has 12 heteroatoms. The smallest absolute Gasteiger partial charge is 0.261 e. The Bertz CT molecular complexity index is 2090. The highest BCUT2D eigenvalue weighted by Crippen LogP contribution is 2.43. The Morgan fingerprint density at radius 3 is 0.841 bits per heavy atom. The zero-order valence-electron chi connectivity index (χ0n) is 45.6. The Kier molecular flexibility index (Phi) is 19.0. The molecule has 9 nitrogen and oxygen atoms in total. The van der Waals surface area contributed by atoms with E-state index in [-0.39, 0.29) is 69.5 Å². The zero-order chi connectivity index (χ0) is 52.2. The Morgan fingerprint density at radius 2 is 0.623 bits per heavy atom. The van der Waals surface area contributed by atoms with Crippen LogP contribution in [0, 0.1) is 0 Å². The molecule has 384 valence electrons. The molecule has 1 fully saturated rings. The number of hydrogen-bond acceptors (Lipinski definition) is 9. The highest BCUT2D eigenvalue weighted by molar-refractivity contribution is 7.98. The monoisotopic (exact) mass is 1010 g/mol. The van der Waals surface area contributed by atoms with Crippen LogP contribution < -0.4 is 0 Å². The van der Waals surface area contributed by atoms with E-state index in [9.17, 15) is 29.7 Å². The summed E-state index contributed by atoms with van der Waals surface area (Å²) in [6.07, 6.45) is 1.09. The van der Waals surface area contributed by atoms with Gasteiger partial charge < -0.3 is 15.3 Å². The third kappa shape index (κ3) is 15.5. The van der Waals surface area contributed by atoms with Crippen molar-refractivity contribution in [3.63, 3.8) is 0 Å². The van der Waals surface area contributed by atoms with Gasteiger partial charge in [0.2, 0.25) is 11.8 Å². The highest BCUT2D eigenvalue weighted by atomic mass is 32.2.